The van der Waals surface area contributed by atoms with E-state index in [2.05, 4.69) is 11.4 Å². The van der Waals surface area contributed by atoms with E-state index in [-0.39, 0.29) is 23.8 Å². The fourth-order valence-corrected chi connectivity index (χ4v) is 4.12. The first kappa shape index (κ1) is 18.2. The molecular formula is C18H28N4O3. The number of morpholine rings is 1. The van der Waals surface area contributed by atoms with Gasteiger partial charge in [0.15, 0.2) is 0 Å². The maximum absolute atomic E-state index is 12.5. The maximum atomic E-state index is 12.5. The van der Waals surface area contributed by atoms with Crippen molar-refractivity contribution in [2.75, 3.05) is 39.4 Å². The number of nitriles is 1. The fraction of sp³-hybridized carbons (Fsp3) is 0.833. The summed E-state index contributed by atoms with van der Waals surface area (Å²) in [5.41, 5.74) is 0. The normalized spacial score (nSPS) is 30.1. The van der Waals surface area contributed by atoms with Gasteiger partial charge in [0.2, 0.25) is 11.8 Å². The average molecular weight is 348 g/mol. The third-order valence-electron chi connectivity index (χ3n) is 5.66. The van der Waals surface area contributed by atoms with Crippen molar-refractivity contribution in [2.45, 2.75) is 50.6 Å². The van der Waals surface area contributed by atoms with Crippen molar-refractivity contribution in [2.24, 2.45) is 5.92 Å². The van der Waals surface area contributed by atoms with Crippen LogP contribution >= 0.6 is 0 Å². The summed E-state index contributed by atoms with van der Waals surface area (Å²) < 4.78 is 5.31. The number of nitrogens with one attached hydrogen (secondary N) is 1. The molecule has 1 aliphatic carbocycles. The summed E-state index contributed by atoms with van der Waals surface area (Å²) in [6.07, 6.45) is 5.32. The minimum Gasteiger partial charge on any atom is -0.378 e. The lowest BCUT2D eigenvalue weighted by atomic mass is 9.85. The highest BCUT2D eigenvalue weighted by molar-refractivity contribution is 5.79. The van der Waals surface area contributed by atoms with Crippen LogP contribution in [-0.2, 0) is 14.3 Å². The summed E-state index contributed by atoms with van der Waals surface area (Å²) in [6.45, 7) is 3.70. The lowest BCUT2D eigenvalue weighted by molar-refractivity contribution is -0.141. The Morgan fingerprint density at radius 3 is 2.48 bits per heavy atom. The molecule has 1 atom stereocenters. The van der Waals surface area contributed by atoms with E-state index in [0.29, 0.717) is 45.4 Å². The van der Waals surface area contributed by atoms with Crippen molar-refractivity contribution in [1.82, 2.24) is 15.1 Å². The Balaban J connectivity index is 1.38. The molecule has 3 rings (SSSR count). The number of likely N-dealkylation sites (tertiary alicyclic amines) is 1. The SMILES string of the molecule is N#C[C@@H]1CCCN1C(=O)CN[C@H]1CC[C@H](C(=O)N2CCOCC2)CC1. The largest absolute Gasteiger partial charge is 0.378 e. The zero-order valence-corrected chi connectivity index (χ0v) is 14.8. The number of carbonyl (C=O) groups is 2. The van der Waals surface area contributed by atoms with Crippen molar-refractivity contribution >= 4 is 11.8 Å². The van der Waals surface area contributed by atoms with Gasteiger partial charge in [-0.1, -0.05) is 0 Å². The summed E-state index contributed by atoms with van der Waals surface area (Å²) in [6, 6.07) is 2.25. The van der Waals surface area contributed by atoms with Gasteiger partial charge in [-0.15, -0.1) is 0 Å². The van der Waals surface area contributed by atoms with E-state index in [4.69, 9.17) is 10.00 Å². The van der Waals surface area contributed by atoms with E-state index >= 15 is 0 Å². The number of hydrogen-bond donors (Lipinski definition) is 1. The second-order valence-electron chi connectivity index (χ2n) is 7.24. The van der Waals surface area contributed by atoms with Crippen LogP contribution in [0.2, 0.25) is 0 Å². The highest BCUT2D eigenvalue weighted by Gasteiger charge is 2.31. The van der Waals surface area contributed by atoms with E-state index in [9.17, 15) is 9.59 Å². The van der Waals surface area contributed by atoms with Crippen LogP contribution in [0.1, 0.15) is 38.5 Å². The van der Waals surface area contributed by atoms with E-state index in [1.165, 1.54) is 0 Å². The molecule has 0 aromatic carbocycles. The van der Waals surface area contributed by atoms with Gasteiger partial charge in [0, 0.05) is 31.6 Å². The van der Waals surface area contributed by atoms with Gasteiger partial charge in [-0.05, 0) is 38.5 Å². The molecule has 2 aliphatic heterocycles. The molecule has 0 bridgehead atoms. The van der Waals surface area contributed by atoms with Crippen LogP contribution in [0.25, 0.3) is 0 Å². The molecule has 7 heteroatoms. The summed E-state index contributed by atoms with van der Waals surface area (Å²) in [7, 11) is 0. The first-order valence-electron chi connectivity index (χ1n) is 9.48. The summed E-state index contributed by atoms with van der Waals surface area (Å²) in [5.74, 6) is 0.413. The zero-order chi connectivity index (χ0) is 17.6. The average Bonchev–Trinajstić information content (AvgIpc) is 3.15. The Bertz CT molecular complexity index is 519. The lowest BCUT2D eigenvalue weighted by Crippen LogP contribution is -2.47. The monoisotopic (exact) mass is 348 g/mol. The van der Waals surface area contributed by atoms with Gasteiger partial charge in [-0.2, -0.15) is 5.26 Å². The van der Waals surface area contributed by atoms with E-state index < -0.39 is 0 Å². The number of hydrogen-bond acceptors (Lipinski definition) is 5. The summed E-state index contributed by atoms with van der Waals surface area (Å²) in [5, 5.41) is 12.4. The molecule has 1 saturated carbocycles. The molecule has 0 aromatic rings. The van der Waals surface area contributed by atoms with Crippen molar-refractivity contribution in [1.29, 1.82) is 5.26 Å². The number of nitrogens with zero attached hydrogens (tertiary/aromatic N) is 3. The van der Waals surface area contributed by atoms with Gasteiger partial charge in [-0.25, -0.2) is 0 Å². The smallest absolute Gasteiger partial charge is 0.237 e. The Kier molecular flexibility index (Phi) is 6.27. The van der Waals surface area contributed by atoms with Crippen LogP contribution in [0.15, 0.2) is 0 Å². The van der Waals surface area contributed by atoms with Gasteiger partial charge in [0.05, 0.1) is 25.8 Å². The van der Waals surface area contributed by atoms with Gasteiger partial charge in [0.25, 0.3) is 0 Å². The highest BCUT2D eigenvalue weighted by atomic mass is 16.5. The maximum Gasteiger partial charge on any atom is 0.237 e. The molecule has 25 heavy (non-hydrogen) atoms. The molecule has 1 N–H and O–H groups in total. The first-order valence-corrected chi connectivity index (χ1v) is 9.48. The van der Waals surface area contributed by atoms with E-state index in [0.717, 1.165) is 38.5 Å². The number of carbonyl (C=O) groups excluding carboxylic acids is 2. The van der Waals surface area contributed by atoms with Crippen molar-refractivity contribution in [3.8, 4) is 6.07 Å². The number of ether oxygens (including phenoxy) is 1. The van der Waals surface area contributed by atoms with Gasteiger partial charge in [0.1, 0.15) is 6.04 Å². The Morgan fingerprint density at radius 1 is 1.08 bits per heavy atom. The highest BCUT2D eigenvalue weighted by Crippen LogP contribution is 2.26. The van der Waals surface area contributed by atoms with E-state index in [1.807, 2.05) is 4.90 Å². The zero-order valence-electron chi connectivity index (χ0n) is 14.8. The van der Waals surface area contributed by atoms with Gasteiger partial charge >= 0.3 is 0 Å². The third kappa shape index (κ3) is 4.50. The van der Waals surface area contributed by atoms with Gasteiger partial charge in [-0.3, -0.25) is 9.59 Å². The molecule has 3 fully saturated rings. The van der Waals surface area contributed by atoms with Crippen LogP contribution in [0.5, 0.6) is 0 Å². The molecule has 0 aromatic heterocycles. The molecule has 3 aliphatic rings. The topological polar surface area (TPSA) is 85.7 Å². The Morgan fingerprint density at radius 2 is 1.80 bits per heavy atom. The van der Waals surface area contributed by atoms with Crippen molar-refractivity contribution in [3.05, 3.63) is 0 Å². The summed E-state index contributed by atoms with van der Waals surface area (Å²) in [4.78, 5) is 28.4. The Labute approximate surface area is 149 Å². The van der Waals surface area contributed by atoms with Crippen LogP contribution in [-0.4, -0.2) is 73.1 Å². The second-order valence-corrected chi connectivity index (χ2v) is 7.24. The molecule has 138 valence electrons. The van der Waals surface area contributed by atoms with Crippen LogP contribution in [0.3, 0.4) is 0 Å². The lowest BCUT2D eigenvalue weighted by Gasteiger charge is -2.34. The predicted molar refractivity (Wildman–Crippen MR) is 91.5 cm³/mol. The molecule has 2 amide bonds. The van der Waals surface area contributed by atoms with Crippen LogP contribution < -0.4 is 5.32 Å². The standard InChI is InChI=1S/C18H28N4O3/c19-12-16-2-1-7-22(16)17(23)13-20-15-5-3-14(4-6-15)18(24)21-8-10-25-11-9-21/h14-16,20H,1-11,13H2/t14-,15-,16-/m0/s1. The minimum atomic E-state index is -0.254. The van der Waals surface area contributed by atoms with Crippen molar-refractivity contribution < 1.29 is 14.3 Å². The molecule has 0 unspecified atom stereocenters. The molecule has 0 spiro atoms. The second kappa shape index (κ2) is 8.63. The fourth-order valence-electron chi connectivity index (χ4n) is 4.12. The molecule has 0 radical (unpaired) electrons. The number of amides is 2. The molecular weight excluding hydrogens is 320 g/mol. The van der Waals surface area contributed by atoms with Crippen LogP contribution in [0, 0.1) is 17.2 Å². The molecule has 2 saturated heterocycles. The minimum absolute atomic E-state index is 0.0237. The Hall–Kier alpha value is -1.65. The van der Waals surface area contributed by atoms with E-state index in [1.54, 1.807) is 4.90 Å². The summed E-state index contributed by atoms with van der Waals surface area (Å²) >= 11 is 0. The quantitative estimate of drug-likeness (QED) is 0.800. The molecule has 7 nitrogen and oxygen atoms in total. The van der Waals surface area contributed by atoms with Gasteiger partial charge < -0.3 is 19.9 Å². The molecule has 2 heterocycles. The van der Waals surface area contributed by atoms with Crippen molar-refractivity contribution in [3.63, 3.8) is 0 Å². The third-order valence-corrected chi connectivity index (χ3v) is 5.66. The predicted octanol–water partition coefficient (Wildman–Crippen LogP) is 0.508. The first-order chi connectivity index (χ1) is 12.2. The van der Waals surface area contributed by atoms with Crippen LogP contribution in [0.4, 0.5) is 0 Å². The number of rotatable bonds is 4.